The maximum Gasteiger partial charge on any atom is 0.322 e. The Morgan fingerprint density at radius 1 is 1.19 bits per heavy atom. The van der Waals surface area contributed by atoms with Crippen molar-refractivity contribution < 1.29 is 14.2 Å². The summed E-state index contributed by atoms with van der Waals surface area (Å²) in [7, 11) is 3.12. The van der Waals surface area contributed by atoms with Gasteiger partial charge in [0, 0.05) is 23.1 Å². The molecular formula is C16H19BrN6O3. The number of ether oxygens (including phenoxy) is 3. The predicted molar refractivity (Wildman–Crippen MR) is 101 cm³/mol. The first-order valence-electron chi connectivity index (χ1n) is 7.95. The van der Waals surface area contributed by atoms with Crippen molar-refractivity contribution >= 4 is 34.0 Å². The zero-order valence-electron chi connectivity index (χ0n) is 14.5. The van der Waals surface area contributed by atoms with Gasteiger partial charge in [0.1, 0.15) is 5.75 Å². The Hall–Kier alpha value is -2.46. The molecule has 138 valence electrons. The second kappa shape index (κ2) is 8.77. The summed E-state index contributed by atoms with van der Waals surface area (Å²) < 4.78 is 16.8. The van der Waals surface area contributed by atoms with Gasteiger partial charge in [-0.3, -0.25) is 0 Å². The molecule has 9 nitrogen and oxygen atoms in total. The number of hydrazone groups is 1. The van der Waals surface area contributed by atoms with Crippen LogP contribution in [0, 0.1) is 0 Å². The van der Waals surface area contributed by atoms with Gasteiger partial charge in [-0.2, -0.15) is 20.1 Å². The highest BCUT2D eigenvalue weighted by atomic mass is 79.9. The average molecular weight is 423 g/mol. The van der Waals surface area contributed by atoms with Gasteiger partial charge in [-0.15, -0.1) is 0 Å². The minimum Gasteiger partial charge on any atom is -0.496 e. The zero-order chi connectivity index (χ0) is 18.4. The van der Waals surface area contributed by atoms with Crippen molar-refractivity contribution in [1.82, 2.24) is 15.0 Å². The quantitative estimate of drug-likeness (QED) is 0.557. The number of rotatable bonds is 6. The first-order valence-corrected chi connectivity index (χ1v) is 8.74. The van der Waals surface area contributed by atoms with Gasteiger partial charge in [0.2, 0.25) is 5.95 Å². The molecule has 10 heteroatoms. The Balaban J connectivity index is 1.77. The van der Waals surface area contributed by atoms with E-state index in [0.717, 1.165) is 10.0 Å². The summed E-state index contributed by atoms with van der Waals surface area (Å²) >= 11 is 3.43. The van der Waals surface area contributed by atoms with Crippen molar-refractivity contribution in [3.8, 4) is 11.8 Å². The van der Waals surface area contributed by atoms with Crippen LogP contribution in [0.15, 0.2) is 27.8 Å². The van der Waals surface area contributed by atoms with Crippen LogP contribution in [0.5, 0.6) is 11.8 Å². The van der Waals surface area contributed by atoms with Crippen molar-refractivity contribution in [2.24, 2.45) is 5.10 Å². The van der Waals surface area contributed by atoms with Crippen LogP contribution >= 0.6 is 15.9 Å². The molecule has 0 aliphatic carbocycles. The monoisotopic (exact) mass is 422 g/mol. The van der Waals surface area contributed by atoms with Crippen LogP contribution in [0.25, 0.3) is 0 Å². The summed E-state index contributed by atoms with van der Waals surface area (Å²) in [4.78, 5) is 14.9. The molecule has 0 radical (unpaired) electrons. The van der Waals surface area contributed by atoms with Crippen LogP contribution in [0.4, 0.5) is 11.9 Å². The maximum atomic E-state index is 5.35. The number of methoxy groups -OCH3 is 2. The van der Waals surface area contributed by atoms with Gasteiger partial charge < -0.3 is 19.1 Å². The van der Waals surface area contributed by atoms with Gasteiger partial charge in [-0.25, -0.2) is 5.43 Å². The highest BCUT2D eigenvalue weighted by Crippen LogP contribution is 2.21. The lowest BCUT2D eigenvalue weighted by atomic mass is 10.2. The molecule has 1 saturated heterocycles. The Morgan fingerprint density at radius 3 is 2.73 bits per heavy atom. The molecule has 0 saturated carbocycles. The number of morpholine rings is 1. The number of halogens is 1. The molecule has 1 aromatic heterocycles. The lowest BCUT2D eigenvalue weighted by Gasteiger charge is -2.26. The second-order valence-corrected chi connectivity index (χ2v) is 6.22. The van der Waals surface area contributed by atoms with E-state index in [9.17, 15) is 0 Å². The number of nitrogens with zero attached hydrogens (tertiary/aromatic N) is 5. The number of hydrogen-bond donors (Lipinski definition) is 1. The van der Waals surface area contributed by atoms with E-state index < -0.39 is 0 Å². The van der Waals surface area contributed by atoms with E-state index in [2.05, 4.69) is 41.4 Å². The summed E-state index contributed by atoms with van der Waals surface area (Å²) in [6.07, 6.45) is 1.63. The van der Waals surface area contributed by atoms with Crippen molar-refractivity contribution in [3.05, 3.63) is 28.2 Å². The molecule has 1 N–H and O–H groups in total. The minimum absolute atomic E-state index is 0.222. The van der Waals surface area contributed by atoms with E-state index in [4.69, 9.17) is 14.2 Å². The third-order valence-corrected chi connectivity index (χ3v) is 4.13. The second-order valence-electron chi connectivity index (χ2n) is 5.30. The summed E-state index contributed by atoms with van der Waals surface area (Å²) in [5.74, 6) is 1.53. The maximum absolute atomic E-state index is 5.35. The normalized spacial score (nSPS) is 14.5. The summed E-state index contributed by atoms with van der Waals surface area (Å²) in [6, 6.07) is 5.87. The lowest BCUT2D eigenvalue weighted by molar-refractivity contribution is 0.122. The summed E-state index contributed by atoms with van der Waals surface area (Å²) in [5.41, 5.74) is 3.63. The Labute approximate surface area is 159 Å². The third kappa shape index (κ3) is 4.58. The molecule has 1 aromatic carbocycles. The average Bonchev–Trinajstić information content (AvgIpc) is 2.68. The fraction of sp³-hybridized carbons (Fsp3) is 0.375. The molecular weight excluding hydrogens is 404 g/mol. The molecule has 0 atom stereocenters. The third-order valence-electron chi connectivity index (χ3n) is 3.64. The van der Waals surface area contributed by atoms with Crippen molar-refractivity contribution in [1.29, 1.82) is 0 Å². The molecule has 26 heavy (non-hydrogen) atoms. The number of aromatic nitrogens is 3. The Kier molecular flexibility index (Phi) is 6.18. The molecule has 2 aromatic rings. The fourth-order valence-corrected chi connectivity index (χ4v) is 2.74. The van der Waals surface area contributed by atoms with Crippen LogP contribution in [0.3, 0.4) is 0 Å². The van der Waals surface area contributed by atoms with E-state index in [1.165, 1.54) is 7.11 Å². The molecule has 3 rings (SSSR count). The predicted octanol–water partition coefficient (Wildman–Crippen LogP) is 1.93. The van der Waals surface area contributed by atoms with E-state index in [1.54, 1.807) is 13.3 Å². The summed E-state index contributed by atoms with van der Waals surface area (Å²) in [5, 5.41) is 4.20. The van der Waals surface area contributed by atoms with Gasteiger partial charge in [0.05, 0.1) is 33.6 Å². The van der Waals surface area contributed by atoms with Crippen LogP contribution in [-0.4, -0.2) is 61.7 Å². The molecule has 1 fully saturated rings. The number of anilines is 2. The minimum atomic E-state index is 0.222. The zero-order valence-corrected chi connectivity index (χ0v) is 16.1. The SMILES string of the molecule is COc1nc(N/N=C/c2cc(Br)ccc2OC)nc(N2CCOCC2)n1. The van der Waals surface area contributed by atoms with E-state index in [1.807, 2.05) is 23.1 Å². The Morgan fingerprint density at radius 2 is 2.00 bits per heavy atom. The first-order chi connectivity index (χ1) is 12.7. The van der Waals surface area contributed by atoms with Crippen LogP contribution in [0.2, 0.25) is 0 Å². The molecule has 2 heterocycles. The Bertz CT molecular complexity index is 783. The van der Waals surface area contributed by atoms with E-state index >= 15 is 0 Å². The van der Waals surface area contributed by atoms with Crippen LogP contribution < -0.4 is 19.8 Å². The molecule has 0 amide bonds. The molecule has 0 bridgehead atoms. The molecule has 1 aliphatic heterocycles. The van der Waals surface area contributed by atoms with Crippen LogP contribution in [0.1, 0.15) is 5.56 Å². The van der Waals surface area contributed by atoms with Crippen molar-refractivity contribution in [2.75, 3.05) is 50.8 Å². The van der Waals surface area contributed by atoms with E-state index in [0.29, 0.717) is 43.9 Å². The topological polar surface area (TPSA) is 94.0 Å². The van der Waals surface area contributed by atoms with Crippen LogP contribution in [-0.2, 0) is 4.74 Å². The fourth-order valence-electron chi connectivity index (χ4n) is 2.36. The number of nitrogens with one attached hydrogen (secondary N) is 1. The van der Waals surface area contributed by atoms with E-state index in [-0.39, 0.29) is 6.01 Å². The summed E-state index contributed by atoms with van der Waals surface area (Å²) in [6.45, 7) is 2.70. The standard InChI is InChI=1S/C16H19BrN6O3/c1-24-13-4-3-12(17)9-11(13)10-18-22-14-19-15(21-16(20-14)25-2)23-5-7-26-8-6-23/h3-4,9-10H,5-8H2,1-2H3,(H,19,20,21,22)/b18-10+. The van der Waals surface area contributed by atoms with Gasteiger partial charge in [0.15, 0.2) is 0 Å². The highest BCUT2D eigenvalue weighted by Gasteiger charge is 2.16. The van der Waals surface area contributed by atoms with Gasteiger partial charge in [-0.05, 0) is 18.2 Å². The van der Waals surface area contributed by atoms with Gasteiger partial charge in [-0.1, -0.05) is 15.9 Å². The van der Waals surface area contributed by atoms with Crippen molar-refractivity contribution in [3.63, 3.8) is 0 Å². The number of hydrogen-bond acceptors (Lipinski definition) is 9. The first kappa shape index (κ1) is 18.3. The smallest absolute Gasteiger partial charge is 0.322 e. The van der Waals surface area contributed by atoms with Crippen molar-refractivity contribution in [2.45, 2.75) is 0 Å². The molecule has 0 spiro atoms. The number of benzene rings is 1. The molecule has 0 unspecified atom stereocenters. The van der Waals surface area contributed by atoms with Gasteiger partial charge >= 0.3 is 6.01 Å². The van der Waals surface area contributed by atoms with Gasteiger partial charge in [0.25, 0.3) is 5.95 Å². The lowest BCUT2D eigenvalue weighted by Crippen LogP contribution is -2.37. The largest absolute Gasteiger partial charge is 0.496 e. The molecule has 1 aliphatic rings. The highest BCUT2D eigenvalue weighted by molar-refractivity contribution is 9.10.